The Morgan fingerprint density at radius 1 is 0.857 bits per heavy atom. The van der Waals surface area contributed by atoms with E-state index in [9.17, 15) is 5.11 Å². The van der Waals surface area contributed by atoms with Crippen molar-refractivity contribution in [2.45, 2.75) is 26.5 Å². The van der Waals surface area contributed by atoms with E-state index in [4.69, 9.17) is 0 Å². The average molecular weight is 502 g/mol. The first-order valence-corrected chi connectivity index (χ1v) is 10.9. The number of nitrogens with zero attached hydrogens (tertiary/aromatic N) is 1. The molecule has 0 saturated heterocycles. The fourth-order valence-corrected chi connectivity index (χ4v) is 4.56. The molecule has 0 fully saturated rings. The third kappa shape index (κ3) is 3.97. The zero-order valence-electron chi connectivity index (χ0n) is 15.8. The van der Waals surface area contributed by atoms with Gasteiger partial charge in [0.25, 0.3) is 0 Å². The number of nitrogens with one attached hydrogen (secondary N) is 1. The molecule has 0 aliphatic rings. The van der Waals surface area contributed by atoms with Gasteiger partial charge in [-0.3, -0.25) is 0 Å². The van der Waals surface area contributed by atoms with Crippen LogP contribution in [-0.2, 0) is 6.54 Å². The molecule has 1 heterocycles. The predicted octanol–water partition coefficient (Wildman–Crippen LogP) is 6.41. The van der Waals surface area contributed by atoms with Crippen LogP contribution in [0.1, 0.15) is 11.1 Å². The Hall–Kier alpha value is -1.82. The normalized spacial score (nSPS) is 12.6. The molecule has 1 atom stereocenters. The van der Waals surface area contributed by atoms with Crippen LogP contribution in [0.2, 0.25) is 0 Å². The fraction of sp³-hybridized carbons (Fsp3) is 0.217. The summed E-state index contributed by atoms with van der Waals surface area (Å²) in [5.74, 6) is 0. The van der Waals surface area contributed by atoms with Crippen molar-refractivity contribution in [2.24, 2.45) is 0 Å². The summed E-state index contributed by atoms with van der Waals surface area (Å²) < 4.78 is 4.31. The summed E-state index contributed by atoms with van der Waals surface area (Å²) in [5.41, 5.74) is 5.74. The summed E-state index contributed by atoms with van der Waals surface area (Å²) in [6.07, 6.45) is -0.507. The molecule has 0 spiro atoms. The highest BCUT2D eigenvalue weighted by molar-refractivity contribution is 9.10. The molecule has 0 aliphatic carbocycles. The molecule has 3 aromatic carbocycles. The second-order valence-electron chi connectivity index (χ2n) is 7.34. The number of anilines is 1. The Kier molecular flexibility index (Phi) is 5.50. The molecule has 0 unspecified atom stereocenters. The number of rotatable bonds is 5. The van der Waals surface area contributed by atoms with Crippen LogP contribution in [-0.4, -0.2) is 22.3 Å². The van der Waals surface area contributed by atoms with Gasteiger partial charge >= 0.3 is 0 Å². The molecule has 1 aromatic heterocycles. The van der Waals surface area contributed by atoms with Gasteiger partial charge in [0, 0.05) is 43.0 Å². The minimum Gasteiger partial charge on any atom is -0.389 e. The summed E-state index contributed by atoms with van der Waals surface area (Å²) >= 11 is 7.16. The van der Waals surface area contributed by atoms with Crippen molar-refractivity contribution in [3.8, 4) is 0 Å². The van der Waals surface area contributed by atoms with Crippen molar-refractivity contribution in [2.75, 3.05) is 11.9 Å². The van der Waals surface area contributed by atoms with Crippen molar-refractivity contribution >= 4 is 59.4 Å². The number of aliphatic hydroxyl groups is 1. The molecule has 0 bridgehead atoms. The molecule has 0 amide bonds. The van der Waals surface area contributed by atoms with Crippen molar-refractivity contribution in [3.63, 3.8) is 0 Å². The molecule has 0 radical (unpaired) electrons. The summed E-state index contributed by atoms with van der Waals surface area (Å²) in [7, 11) is 0. The molecule has 0 saturated carbocycles. The lowest BCUT2D eigenvalue weighted by molar-refractivity contribution is 0.169. The van der Waals surface area contributed by atoms with Gasteiger partial charge < -0.3 is 15.0 Å². The van der Waals surface area contributed by atoms with Crippen molar-refractivity contribution in [1.29, 1.82) is 0 Å². The average Bonchev–Trinajstić information content (AvgIpc) is 2.92. The van der Waals surface area contributed by atoms with Gasteiger partial charge in [-0.15, -0.1) is 0 Å². The zero-order valence-corrected chi connectivity index (χ0v) is 19.0. The second kappa shape index (κ2) is 7.90. The molecule has 144 valence electrons. The van der Waals surface area contributed by atoms with Gasteiger partial charge in [-0.05, 0) is 73.5 Å². The van der Waals surface area contributed by atoms with Gasteiger partial charge in [0.05, 0.1) is 12.6 Å². The molecule has 0 aliphatic heterocycles. The maximum absolute atomic E-state index is 10.7. The number of aromatic nitrogens is 1. The number of aryl methyl sites for hydroxylation is 2. The smallest absolute Gasteiger partial charge is 0.0891 e. The Bertz CT molecular complexity index is 1090. The quantitative estimate of drug-likeness (QED) is 0.331. The fourth-order valence-electron chi connectivity index (χ4n) is 3.83. The third-order valence-corrected chi connectivity index (χ3v) is 5.93. The summed E-state index contributed by atoms with van der Waals surface area (Å²) in [4.78, 5) is 0. The van der Waals surface area contributed by atoms with Gasteiger partial charge in [-0.1, -0.05) is 37.9 Å². The van der Waals surface area contributed by atoms with Crippen molar-refractivity contribution < 1.29 is 5.11 Å². The van der Waals surface area contributed by atoms with E-state index in [1.807, 2.05) is 12.1 Å². The lowest BCUT2D eigenvalue weighted by Gasteiger charge is -2.16. The van der Waals surface area contributed by atoms with E-state index in [0.29, 0.717) is 13.1 Å². The molecule has 4 aromatic rings. The largest absolute Gasteiger partial charge is 0.389 e. The van der Waals surface area contributed by atoms with Crippen LogP contribution in [0.4, 0.5) is 5.69 Å². The number of fused-ring (bicyclic) bond motifs is 3. The van der Waals surface area contributed by atoms with E-state index in [2.05, 4.69) is 98.1 Å². The van der Waals surface area contributed by atoms with E-state index in [1.165, 1.54) is 21.9 Å². The SMILES string of the molecule is Cc1cc(C)cc(NC[C@H](O)Cn2c3ccc(Br)cc3c3cc(Br)ccc32)c1. The molecule has 2 N–H and O–H groups in total. The zero-order chi connectivity index (χ0) is 19.8. The highest BCUT2D eigenvalue weighted by Crippen LogP contribution is 2.33. The Balaban J connectivity index is 1.63. The molecule has 28 heavy (non-hydrogen) atoms. The van der Waals surface area contributed by atoms with Crippen molar-refractivity contribution in [3.05, 3.63) is 74.7 Å². The van der Waals surface area contributed by atoms with Crippen LogP contribution in [0.3, 0.4) is 0 Å². The molecule has 5 heteroatoms. The molecular formula is C23H22Br2N2O. The van der Waals surface area contributed by atoms with E-state index < -0.39 is 6.10 Å². The summed E-state index contributed by atoms with van der Waals surface area (Å²) in [6, 6.07) is 19.0. The van der Waals surface area contributed by atoms with Gasteiger partial charge in [-0.2, -0.15) is 0 Å². The minimum absolute atomic E-state index is 0.497. The number of hydrogen-bond acceptors (Lipinski definition) is 2. The highest BCUT2D eigenvalue weighted by Gasteiger charge is 2.14. The first-order chi connectivity index (χ1) is 13.4. The maximum Gasteiger partial charge on any atom is 0.0891 e. The number of halogens is 2. The topological polar surface area (TPSA) is 37.2 Å². The van der Waals surface area contributed by atoms with Crippen LogP contribution in [0.5, 0.6) is 0 Å². The molecule has 3 nitrogen and oxygen atoms in total. The third-order valence-electron chi connectivity index (χ3n) is 4.95. The van der Waals surface area contributed by atoms with Crippen LogP contribution in [0, 0.1) is 13.8 Å². The number of aliphatic hydroxyl groups excluding tert-OH is 1. The van der Waals surface area contributed by atoms with Crippen LogP contribution in [0.25, 0.3) is 21.8 Å². The Morgan fingerprint density at radius 2 is 1.39 bits per heavy atom. The summed E-state index contributed by atoms with van der Waals surface area (Å²) in [5, 5.41) is 16.5. The van der Waals surface area contributed by atoms with E-state index in [0.717, 1.165) is 25.7 Å². The highest BCUT2D eigenvalue weighted by atomic mass is 79.9. The number of benzene rings is 3. The molecular weight excluding hydrogens is 480 g/mol. The van der Waals surface area contributed by atoms with Crippen molar-refractivity contribution in [1.82, 2.24) is 4.57 Å². The van der Waals surface area contributed by atoms with Crippen LogP contribution in [0.15, 0.2) is 63.5 Å². The number of hydrogen-bond donors (Lipinski definition) is 2. The van der Waals surface area contributed by atoms with Gasteiger partial charge in [0.1, 0.15) is 0 Å². The van der Waals surface area contributed by atoms with Crippen LogP contribution >= 0.6 is 31.9 Å². The van der Waals surface area contributed by atoms with Gasteiger partial charge in [-0.25, -0.2) is 0 Å². The first kappa shape index (κ1) is 19.5. The first-order valence-electron chi connectivity index (χ1n) is 9.28. The molecule has 4 rings (SSSR count). The Morgan fingerprint density at radius 3 is 1.93 bits per heavy atom. The van der Waals surface area contributed by atoms with E-state index in [-0.39, 0.29) is 0 Å². The monoisotopic (exact) mass is 500 g/mol. The Labute approximate surface area is 181 Å². The standard InChI is InChI=1S/C23H22Br2N2O/c1-14-7-15(2)9-18(8-14)26-12-19(28)13-27-22-5-3-16(24)10-20(22)21-11-17(25)4-6-23(21)27/h3-11,19,26,28H,12-13H2,1-2H3/t19-/m0/s1. The predicted molar refractivity (Wildman–Crippen MR) is 125 cm³/mol. The van der Waals surface area contributed by atoms with Gasteiger partial charge in [0.2, 0.25) is 0 Å². The van der Waals surface area contributed by atoms with E-state index >= 15 is 0 Å². The van der Waals surface area contributed by atoms with Gasteiger partial charge in [0.15, 0.2) is 0 Å². The lowest BCUT2D eigenvalue weighted by atomic mass is 10.1. The lowest BCUT2D eigenvalue weighted by Crippen LogP contribution is -2.24. The minimum atomic E-state index is -0.507. The summed E-state index contributed by atoms with van der Waals surface area (Å²) in [6.45, 7) is 5.20. The maximum atomic E-state index is 10.7. The second-order valence-corrected chi connectivity index (χ2v) is 9.18. The van der Waals surface area contributed by atoms with E-state index in [1.54, 1.807) is 0 Å². The van der Waals surface area contributed by atoms with Crippen LogP contribution < -0.4 is 5.32 Å².